The van der Waals surface area contributed by atoms with Gasteiger partial charge in [0.2, 0.25) is 0 Å². The molecule has 1 amide bonds. The standard InChI is InChI=1S/C20H31NO4Si/c1-15-18(25-26(5,6)20(2,3)4)12-17(22)13-21(15)19(23)24-14-16-10-8-7-9-11-16/h7-11,15,18H,12-14H2,1-6H3/t15-,18-/m0/s1. The molecule has 0 N–H and O–H groups in total. The molecule has 0 saturated carbocycles. The zero-order chi connectivity index (χ0) is 19.5. The highest BCUT2D eigenvalue weighted by Crippen LogP contribution is 2.38. The molecule has 0 aliphatic carbocycles. The second-order valence-electron chi connectivity index (χ2n) is 8.57. The van der Waals surface area contributed by atoms with Crippen molar-refractivity contribution < 1.29 is 18.8 Å². The molecule has 1 saturated heterocycles. The predicted octanol–water partition coefficient (Wildman–Crippen LogP) is 4.38. The molecule has 1 aromatic rings. The summed E-state index contributed by atoms with van der Waals surface area (Å²) in [4.78, 5) is 26.3. The van der Waals surface area contributed by atoms with Crippen LogP contribution in [0, 0.1) is 0 Å². The van der Waals surface area contributed by atoms with E-state index >= 15 is 0 Å². The topological polar surface area (TPSA) is 55.8 Å². The van der Waals surface area contributed by atoms with Crippen LogP contribution in [0.5, 0.6) is 0 Å². The Morgan fingerprint density at radius 3 is 2.42 bits per heavy atom. The maximum absolute atomic E-state index is 12.5. The van der Waals surface area contributed by atoms with Gasteiger partial charge in [0.05, 0.1) is 18.7 Å². The molecule has 0 radical (unpaired) electrons. The third-order valence-electron chi connectivity index (χ3n) is 5.50. The first-order chi connectivity index (χ1) is 12.0. The number of piperidine rings is 1. The van der Waals surface area contributed by atoms with Crippen molar-refractivity contribution in [1.29, 1.82) is 0 Å². The van der Waals surface area contributed by atoms with Crippen molar-refractivity contribution in [3.05, 3.63) is 35.9 Å². The van der Waals surface area contributed by atoms with E-state index in [4.69, 9.17) is 9.16 Å². The van der Waals surface area contributed by atoms with Crippen LogP contribution in [0.15, 0.2) is 30.3 Å². The number of benzene rings is 1. The molecule has 2 atom stereocenters. The second kappa shape index (κ2) is 7.92. The summed E-state index contributed by atoms with van der Waals surface area (Å²) in [5.41, 5.74) is 0.922. The molecule has 0 bridgehead atoms. The lowest BCUT2D eigenvalue weighted by Crippen LogP contribution is -2.57. The quantitative estimate of drug-likeness (QED) is 0.731. The number of hydrogen-bond donors (Lipinski definition) is 0. The van der Waals surface area contributed by atoms with Gasteiger partial charge in [-0.05, 0) is 30.6 Å². The van der Waals surface area contributed by atoms with E-state index in [0.717, 1.165) is 5.56 Å². The minimum absolute atomic E-state index is 0.0171. The maximum atomic E-state index is 12.5. The zero-order valence-corrected chi connectivity index (χ0v) is 17.7. The molecule has 5 nitrogen and oxygen atoms in total. The van der Waals surface area contributed by atoms with Gasteiger partial charge in [0.1, 0.15) is 6.61 Å². The number of nitrogens with zero attached hydrogens (tertiary/aromatic N) is 1. The largest absolute Gasteiger partial charge is 0.445 e. The number of ether oxygens (including phenoxy) is 1. The summed E-state index contributed by atoms with van der Waals surface area (Å²) in [6.45, 7) is 13.1. The van der Waals surface area contributed by atoms with Crippen molar-refractivity contribution in [2.75, 3.05) is 6.54 Å². The molecule has 144 valence electrons. The van der Waals surface area contributed by atoms with Crippen LogP contribution in [0.25, 0.3) is 0 Å². The Hall–Kier alpha value is -1.66. The SMILES string of the molecule is C[C@H]1[C@@H](O[Si](C)(C)C(C)(C)C)CC(=O)CN1C(=O)OCc1ccccc1. The number of carbonyl (C=O) groups excluding carboxylic acids is 2. The van der Waals surface area contributed by atoms with Crippen LogP contribution in [0.2, 0.25) is 18.1 Å². The van der Waals surface area contributed by atoms with Gasteiger partial charge < -0.3 is 9.16 Å². The van der Waals surface area contributed by atoms with Crippen molar-refractivity contribution >= 4 is 20.2 Å². The third kappa shape index (κ3) is 4.95. The lowest BCUT2D eigenvalue weighted by molar-refractivity contribution is -0.127. The van der Waals surface area contributed by atoms with Crippen LogP contribution in [-0.4, -0.2) is 43.8 Å². The number of amides is 1. The van der Waals surface area contributed by atoms with Crippen LogP contribution in [0.3, 0.4) is 0 Å². The normalized spacial score (nSPS) is 21.6. The van der Waals surface area contributed by atoms with E-state index in [1.54, 1.807) is 0 Å². The van der Waals surface area contributed by atoms with Gasteiger partial charge in [-0.15, -0.1) is 0 Å². The van der Waals surface area contributed by atoms with Gasteiger partial charge >= 0.3 is 6.09 Å². The summed E-state index contributed by atoms with van der Waals surface area (Å²) in [5.74, 6) is 0.0171. The van der Waals surface area contributed by atoms with Gasteiger partial charge in [-0.3, -0.25) is 9.69 Å². The minimum atomic E-state index is -2.03. The van der Waals surface area contributed by atoms with E-state index in [1.807, 2.05) is 37.3 Å². The van der Waals surface area contributed by atoms with Crippen molar-refractivity contribution in [3.8, 4) is 0 Å². The first-order valence-corrected chi connectivity index (χ1v) is 12.1. The number of Topliss-reactive ketones (excluding diaryl/α,β-unsaturated/α-hetero) is 1. The Bertz CT molecular complexity index is 639. The van der Waals surface area contributed by atoms with Gasteiger partial charge in [0.25, 0.3) is 0 Å². The Balaban J connectivity index is 2.04. The number of carbonyl (C=O) groups is 2. The second-order valence-corrected chi connectivity index (χ2v) is 13.3. The molecular formula is C20H31NO4Si. The van der Waals surface area contributed by atoms with Crippen LogP contribution >= 0.6 is 0 Å². The Morgan fingerprint density at radius 2 is 1.85 bits per heavy atom. The smallest absolute Gasteiger partial charge is 0.410 e. The molecular weight excluding hydrogens is 346 g/mol. The monoisotopic (exact) mass is 377 g/mol. The Kier molecular flexibility index (Phi) is 6.29. The number of ketones is 1. The van der Waals surface area contributed by atoms with E-state index in [0.29, 0.717) is 6.42 Å². The average Bonchev–Trinajstić information content (AvgIpc) is 2.55. The summed E-state index contributed by atoms with van der Waals surface area (Å²) >= 11 is 0. The van der Waals surface area contributed by atoms with Gasteiger partial charge in [0, 0.05) is 6.42 Å². The van der Waals surface area contributed by atoms with Crippen molar-refractivity contribution in [2.45, 2.75) is 71.0 Å². The first-order valence-electron chi connectivity index (χ1n) is 9.18. The van der Waals surface area contributed by atoms with E-state index in [9.17, 15) is 9.59 Å². The van der Waals surface area contributed by atoms with Gasteiger partial charge in [0.15, 0.2) is 14.1 Å². The van der Waals surface area contributed by atoms with E-state index in [1.165, 1.54) is 4.90 Å². The molecule has 0 spiro atoms. The highest BCUT2D eigenvalue weighted by molar-refractivity contribution is 6.74. The zero-order valence-electron chi connectivity index (χ0n) is 16.7. The summed E-state index contributed by atoms with van der Waals surface area (Å²) in [6, 6.07) is 9.34. The fourth-order valence-corrected chi connectivity index (χ4v) is 4.11. The predicted molar refractivity (Wildman–Crippen MR) is 104 cm³/mol. The number of hydrogen-bond acceptors (Lipinski definition) is 4. The van der Waals surface area contributed by atoms with E-state index in [2.05, 4.69) is 33.9 Å². The summed E-state index contributed by atoms with van der Waals surface area (Å²) in [5, 5.41) is 0.0475. The van der Waals surface area contributed by atoms with Crippen molar-refractivity contribution in [3.63, 3.8) is 0 Å². The minimum Gasteiger partial charge on any atom is -0.445 e. The van der Waals surface area contributed by atoms with E-state index < -0.39 is 14.4 Å². The highest BCUT2D eigenvalue weighted by atomic mass is 28.4. The van der Waals surface area contributed by atoms with Crippen molar-refractivity contribution in [2.24, 2.45) is 0 Å². The average molecular weight is 378 g/mol. The number of likely N-dealkylation sites (tertiary alicyclic amines) is 1. The Labute approximate surface area is 157 Å². The molecule has 26 heavy (non-hydrogen) atoms. The van der Waals surface area contributed by atoms with Crippen LogP contribution in [-0.2, 0) is 20.6 Å². The first kappa shape index (κ1) is 20.6. The molecule has 0 unspecified atom stereocenters. The van der Waals surface area contributed by atoms with Crippen LogP contribution in [0.4, 0.5) is 4.79 Å². The molecule has 6 heteroatoms. The van der Waals surface area contributed by atoms with Gasteiger partial charge in [-0.1, -0.05) is 51.1 Å². The van der Waals surface area contributed by atoms with Gasteiger partial charge in [-0.25, -0.2) is 4.79 Å². The fourth-order valence-electron chi connectivity index (χ4n) is 2.72. The van der Waals surface area contributed by atoms with Crippen molar-refractivity contribution in [1.82, 2.24) is 4.90 Å². The molecule has 1 aliphatic rings. The molecule has 1 aromatic carbocycles. The summed E-state index contributed by atoms with van der Waals surface area (Å²) < 4.78 is 11.9. The third-order valence-corrected chi connectivity index (χ3v) is 10.0. The lowest BCUT2D eigenvalue weighted by Gasteiger charge is -2.44. The number of rotatable bonds is 4. The highest BCUT2D eigenvalue weighted by Gasteiger charge is 2.44. The molecule has 1 fully saturated rings. The van der Waals surface area contributed by atoms with Crippen LogP contribution in [0.1, 0.15) is 39.7 Å². The maximum Gasteiger partial charge on any atom is 0.410 e. The molecule has 0 aromatic heterocycles. The summed E-state index contributed by atoms with van der Waals surface area (Å²) in [7, 11) is -2.03. The van der Waals surface area contributed by atoms with Crippen LogP contribution < -0.4 is 0 Å². The Morgan fingerprint density at radius 1 is 1.23 bits per heavy atom. The fraction of sp³-hybridized carbons (Fsp3) is 0.600. The molecule has 1 heterocycles. The molecule has 1 aliphatic heterocycles. The van der Waals surface area contributed by atoms with E-state index in [-0.39, 0.29) is 36.1 Å². The van der Waals surface area contributed by atoms with Gasteiger partial charge in [-0.2, -0.15) is 0 Å². The summed E-state index contributed by atoms with van der Waals surface area (Å²) in [6.07, 6.45) is -0.379. The lowest BCUT2D eigenvalue weighted by atomic mass is 10.00. The molecule has 2 rings (SSSR count).